The molecule has 2 fully saturated rings. The minimum atomic E-state index is -0.191. The van der Waals surface area contributed by atoms with Crippen LogP contribution in [0.15, 0.2) is 18.2 Å². The summed E-state index contributed by atoms with van der Waals surface area (Å²) in [6.07, 6.45) is 7.42. The van der Waals surface area contributed by atoms with E-state index in [1.807, 2.05) is 0 Å². The zero-order valence-corrected chi connectivity index (χ0v) is 15.5. The van der Waals surface area contributed by atoms with Gasteiger partial charge in [0.2, 0.25) is 5.91 Å². The first kappa shape index (κ1) is 18.2. The van der Waals surface area contributed by atoms with E-state index in [4.69, 9.17) is 10.5 Å². The number of amides is 1. The van der Waals surface area contributed by atoms with E-state index in [-0.39, 0.29) is 5.91 Å². The Bertz CT molecular complexity index is 575. The Labute approximate surface area is 151 Å². The second kappa shape index (κ2) is 8.70. The van der Waals surface area contributed by atoms with Crippen molar-refractivity contribution in [2.75, 3.05) is 26.2 Å². The van der Waals surface area contributed by atoms with Gasteiger partial charge in [0.15, 0.2) is 0 Å². The fraction of sp³-hybridized carbons (Fsp3) is 0.667. The normalized spacial score (nSPS) is 19.1. The summed E-state index contributed by atoms with van der Waals surface area (Å²) in [5.41, 5.74) is 7.99. The summed E-state index contributed by atoms with van der Waals surface area (Å²) < 4.78 is 6.21. The summed E-state index contributed by atoms with van der Waals surface area (Å²) in [7, 11) is 0. The molecule has 0 spiro atoms. The van der Waals surface area contributed by atoms with E-state index < -0.39 is 0 Å². The molecule has 1 amide bonds. The Balaban J connectivity index is 1.56. The molecule has 1 saturated heterocycles. The number of aryl methyl sites for hydroxylation is 1. The molecule has 1 aromatic carbocycles. The van der Waals surface area contributed by atoms with Crippen molar-refractivity contribution in [3.05, 3.63) is 29.3 Å². The third kappa shape index (κ3) is 5.46. The van der Waals surface area contributed by atoms with Gasteiger partial charge in [-0.3, -0.25) is 4.79 Å². The molecule has 0 aromatic heterocycles. The van der Waals surface area contributed by atoms with Crippen molar-refractivity contribution in [2.45, 2.75) is 57.8 Å². The lowest BCUT2D eigenvalue weighted by Gasteiger charge is -2.33. The monoisotopic (exact) mass is 344 g/mol. The summed E-state index contributed by atoms with van der Waals surface area (Å²) in [6, 6.07) is 6.82. The molecular weight excluding hydrogens is 312 g/mol. The molecule has 3 rings (SSSR count). The molecule has 2 N–H and O–H groups in total. The maximum Gasteiger partial charge on any atom is 0.217 e. The molecular formula is C21H32N2O2. The predicted octanol–water partition coefficient (Wildman–Crippen LogP) is 3.48. The van der Waals surface area contributed by atoms with Gasteiger partial charge in [-0.2, -0.15) is 0 Å². The topological polar surface area (TPSA) is 55.6 Å². The molecule has 1 aliphatic carbocycles. The second-order valence-corrected chi connectivity index (χ2v) is 7.67. The van der Waals surface area contributed by atoms with Gasteiger partial charge in [-0.1, -0.05) is 19.1 Å². The van der Waals surface area contributed by atoms with Crippen LogP contribution < -0.4 is 10.5 Å². The van der Waals surface area contributed by atoms with E-state index in [2.05, 4.69) is 30.0 Å². The average molecular weight is 344 g/mol. The van der Waals surface area contributed by atoms with Gasteiger partial charge >= 0.3 is 0 Å². The molecule has 0 bridgehead atoms. The van der Waals surface area contributed by atoms with E-state index in [1.54, 1.807) is 0 Å². The first-order valence-corrected chi connectivity index (χ1v) is 9.92. The lowest BCUT2D eigenvalue weighted by Crippen LogP contribution is -2.34. The number of carbonyl (C=O) groups is 1. The Morgan fingerprint density at radius 3 is 2.64 bits per heavy atom. The molecule has 1 heterocycles. The van der Waals surface area contributed by atoms with E-state index in [0.29, 0.717) is 12.3 Å². The van der Waals surface area contributed by atoms with Gasteiger partial charge in [0.05, 0.1) is 6.61 Å². The molecule has 0 radical (unpaired) electrons. The van der Waals surface area contributed by atoms with Gasteiger partial charge in [-0.05, 0) is 87.2 Å². The van der Waals surface area contributed by atoms with Gasteiger partial charge in [-0.25, -0.2) is 0 Å². The number of benzene rings is 1. The van der Waals surface area contributed by atoms with Gasteiger partial charge in [0.1, 0.15) is 5.75 Å². The summed E-state index contributed by atoms with van der Waals surface area (Å²) in [5.74, 6) is 2.31. The number of nitrogens with zero attached hydrogens (tertiary/aromatic N) is 1. The zero-order valence-electron chi connectivity index (χ0n) is 15.5. The summed E-state index contributed by atoms with van der Waals surface area (Å²) in [4.78, 5) is 13.3. The van der Waals surface area contributed by atoms with E-state index in [9.17, 15) is 4.79 Å². The van der Waals surface area contributed by atoms with Crippen molar-refractivity contribution in [2.24, 2.45) is 11.7 Å². The predicted molar refractivity (Wildman–Crippen MR) is 101 cm³/mol. The van der Waals surface area contributed by atoms with Gasteiger partial charge in [0.25, 0.3) is 0 Å². The molecule has 4 heteroatoms. The molecule has 4 nitrogen and oxygen atoms in total. The number of hydrogen-bond donors (Lipinski definition) is 1. The van der Waals surface area contributed by atoms with Crippen LogP contribution in [-0.2, 0) is 11.2 Å². The van der Waals surface area contributed by atoms with Crippen LogP contribution in [0.3, 0.4) is 0 Å². The molecule has 1 aromatic rings. The molecule has 1 aliphatic heterocycles. The molecule has 2 aliphatic rings. The largest absolute Gasteiger partial charge is 0.493 e. The number of rotatable bonds is 9. The van der Waals surface area contributed by atoms with E-state index in [1.165, 1.54) is 36.8 Å². The second-order valence-electron chi connectivity index (χ2n) is 7.67. The van der Waals surface area contributed by atoms with Crippen LogP contribution in [0.5, 0.6) is 5.75 Å². The highest BCUT2D eigenvalue weighted by molar-refractivity contribution is 5.73. The highest BCUT2D eigenvalue weighted by atomic mass is 16.5. The van der Waals surface area contributed by atoms with Crippen molar-refractivity contribution in [3.8, 4) is 5.75 Å². The lowest BCUT2D eigenvalue weighted by atomic mass is 9.88. The fourth-order valence-electron chi connectivity index (χ4n) is 3.70. The first-order chi connectivity index (χ1) is 12.2. The minimum Gasteiger partial charge on any atom is -0.493 e. The van der Waals surface area contributed by atoms with E-state index in [0.717, 1.165) is 50.8 Å². The van der Waals surface area contributed by atoms with Gasteiger partial charge < -0.3 is 15.4 Å². The Hall–Kier alpha value is -1.55. The molecule has 25 heavy (non-hydrogen) atoms. The SMILES string of the molecule is CCc1ccc(C2CCN(CCCC(N)=O)CC2)c(OCC2CC2)c1. The Morgan fingerprint density at radius 1 is 1.24 bits per heavy atom. The van der Waals surface area contributed by atoms with Crippen LogP contribution in [0.4, 0.5) is 0 Å². The minimum absolute atomic E-state index is 0.191. The maximum absolute atomic E-state index is 10.9. The summed E-state index contributed by atoms with van der Waals surface area (Å²) in [5, 5.41) is 0. The zero-order chi connectivity index (χ0) is 17.6. The summed E-state index contributed by atoms with van der Waals surface area (Å²) >= 11 is 0. The van der Waals surface area contributed by atoms with Crippen LogP contribution >= 0.6 is 0 Å². The molecule has 138 valence electrons. The average Bonchev–Trinajstić information content (AvgIpc) is 3.44. The Morgan fingerprint density at radius 2 is 2.00 bits per heavy atom. The van der Waals surface area contributed by atoms with E-state index >= 15 is 0 Å². The van der Waals surface area contributed by atoms with Crippen molar-refractivity contribution in [1.29, 1.82) is 0 Å². The standard InChI is InChI=1S/C21H32N2O2/c1-2-16-7-8-19(20(14-16)25-15-17-5-6-17)18-9-12-23(13-10-18)11-3-4-21(22)24/h7-8,14,17-18H,2-6,9-13,15H2,1H3,(H2,22,24). The van der Waals surface area contributed by atoms with Gasteiger partial charge in [0, 0.05) is 6.42 Å². The number of carbonyl (C=O) groups excluding carboxylic acids is 1. The number of hydrogen-bond acceptors (Lipinski definition) is 3. The van der Waals surface area contributed by atoms with Gasteiger partial charge in [-0.15, -0.1) is 0 Å². The smallest absolute Gasteiger partial charge is 0.217 e. The highest BCUT2D eigenvalue weighted by Crippen LogP contribution is 2.37. The quantitative estimate of drug-likeness (QED) is 0.746. The number of likely N-dealkylation sites (tertiary alicyclic amines) is 1. The third-order valence-electron chi connectivity index (χ3n) is 5.58. The van der Waals surface area contributed by atoms with Crippen LogP contribution in [0.25, 0.3) is 0 Å². The van der Waals surface area contributed by atoms with Crippen LogP contribution in [0.2, 0.25) is 0 Å². The highest BCUT2D eigenvalue weighted by Gasteiger charge is 2.25. The Kier molecular flexibility index (Phi) is 6.35. The molecule has 1 saturated carbocycles. The van der Waals surface area contributed by atoms with Crippen molar-refractivity contribution in [3.63, 3.8) is 0 Å². The van der Waals surface area contributed by atoms with Crippen molar-refractivity contribution >= 4 is 5.91 Å². The maximum atomic E-state index is 10.9. The van der Waals surface area contributed by atoms with Crippen LogP contribution in [0, 0.1) is 5.92 Å². The number of ether oxygens (including phenoxy) is 1. The fourth-order valence-corrected chi connectivity index (χ4v) is 3.70. The van der Waals surface area contributed by atoms with Crippen molar-refractivity contribution < 1.29 is 9.53 Å². The van der Waals surface area contributed by atoms with Crippen LogP contribution in [-0.4, -0.2) is 37.0 Å². The summed E-state index contributed by atoms with van der Waals surface area (Å²) in [6.45, 7) is 6.26. The third-order valence-corrected chi connectivity index (χ3v) is 5.58. The molecule has 0 atom stereocenters. The first-order valence-electron chi connectivity index (χ1n) is 9.92. The van der Waals surface area contributed by atoms with Crippen LogP contribution in [0.1, 0.15) is 62.5 Å². The number of primary amides is 1. The number of nitrogens with two attached hydrogens (primary N) is 1. The van der Waals surface area contributed by atoms with Crippen molar-refractivity contribution in [1.82, 2.24) is 4.90 Å². The number of piperidine rings is 1. The molecule has 0 unspecified atom stereocenters. The lowest BCUT2D eigenvalue weighted by molar-refractivity contribution is -0.118.